The molecule has 0 saturated heterocycles. The lowest BCUT2D eigenvalue weighted by Gasteiger charge is -2.25. The third-order valence-corrected chi connectivity index (χ3v) is 9.10. The second-order valence-electron chi connectivity index (χ2n) is 11.8. The Morgan fingerprint density at radius 1 is 0.512 bits per heavy atom. The lowest BCUT2D eigenvalue weighted by atomic mass is 9.82. The summed E-state index contributed by atoms with van der Waals surface area (Å²) in [6.07, 6.45) is 15.4. The van der Waals surface area contributed by atoms with E-state index in [1.54, 1.807) is 0 Å². The molecular formula is C38H55O2P. The lowest BCUT2D eigenvalue weighted by Crippen LogP contribution is -2.11. The Labute approximate surface area is 252 Å². The van der Waals surface area contributed by atoms with E-state index in [-0.39, 0.29) is 0 Å². The number of hydrogen-bond donors (Lipinski definition) is 2. The third kappa shape index (κ3) is 8.53. The number of aryl methyl sites for hydroxylation is 4. The summed E-state index contributed by atoms with van der Waals surface area (Å²) in [5, 5.41) is 0.684. The van der Waals surface area contributed by atoms with Gasteiger partial charge in [0.1, 0.15) is 0 Å². The summed E-state index contributed by atoms with van der Waals surface area (Å²) in [4.78, 5) is 21.7. The predicted molar refractivity (Wildman–Crippen MR) is 182 cm³/mol. The Morgan fingerprint density at radius 3 is 1.46 bits per heavy atom. The first kappa shape index (κ1) is 33.5. The molecule has 0 radical (unpaired) electrons. The average molecular weight is 575 g/mol. The Morgan fingerprint density at radius 2 is 1.00 bits per heavy atom. The predicted octanol–water partition coefficient (Wildman–Crippen LogP) is 10.4. The van der Waals surface area contributed by atoms with Crippen LogP contribution >= 0.6 is 8.38 Å². The molecule has 3 rings (SSSR count). The molecule has 0 aliphatic heterocycles. The van der Waals surface area contributed by atoms with Crippen molar-refractivity contribution in [1.29, 1.82) is 0 Å². The minimum Gasteiger partial charge on any atom is -0.347 e. The molecule has 0 amide bonds. The van der Waals surface area contributed by atoms with E-state index in [2.05, 4.69) is 71.9 Å². The van der Waals surface area contributed by atoms with Crippen molar-refractivity contribution in [3.05, 3.63) is 75.8 Å². The summed E-state index contributed by atoms with van der Waals surface area (Å²) in [6, 6.07) is 16.0. The van der Waals surface area contributed by atoms with Gasteiger partial charge in [0.05, 0.1) is 0 Å². The molecule has 0 bridgehead atoms. The molecule has 41 heavy (non-hydrogen) atoms. The molecule has 0 aromatic heterocycles. The topological polar surface area (TPSA) is 40.5 Å². The van der Waals surface area contributed by atoms with Gasteiger partial charge in [-0.25, -0.2) is 0 Å². The van der Waals surface area contributed by atoms with E-state index in [1.807, 2.05) is 12.1 Å². The van der Waals surface area contributed by atoms with Crippen LogP contribution in [0.5, 0.6) is 0 Å². The van der Waals surface area contributed by atoms with Crippen LogP contribution in [-0.2, 0) is 38.5 Å². The smallest absolute Gasteiger partial charge is 0.200 e. The number of unbranched alkanes of at least 4 members (excludes halogenated alkanes) is 2. The minimum atomic E-state index is -2.26. The van der Waals surface area contributed by atoms with Gasteiger partial charge in [-0.05, 0) is 108 Å². The largest absolute Gasteiger partial charge is 0.347 e. The van der Waals surface area contributed by atoms with E-state index in [0.29, 0.717) is 5.30 Å². The molecule has 2 N–H and O–H groups in total. The maximum Gasteiger partial charge on any atom is 0.200 e. The Bertz CT molecular complexity index is 1240. The van der Waals surface area contributed by atoms with Gasteiger partial charge in [-0.15, -0.1) is 0 Å². The molecule has 3 aromatic rings. The van der Waals surface area contributed by atoms with Gasteiger partial charge >= 0.3 is 0 Å². The standard InChI is InChI=1S/C38H55O2P/c1-7-13-20-28-24-30(16-9-3)32(18-11-5)35(26-28)34-22-15-23-37(41(39)40)38(34)36-27-29(21-14-8-2)25-31(17-10-4)33(36)19-12-6/h15,22-27,39-40H,7-14,16-21H2,1-6H3. The van der Waals surface area contributed by atoms with Crippen molar-refractivity contribution < 1.29 is 9.79 Å². The fourth-order valence-electron chi connectivity index (χ4n) is 6.40. The SMILES string of the molecule is CCCCc1cc(CCC)c(CCC)c(-c2cccc(P(O)O)c2-c2cc(CCCC)cc(CCC)c2CCC)c1. The Kier molecular flexibility index (Phi) is 14.1. The molecule has 0 saturated carbocycles. The van der Waals surface area contributed by atoms with Gasteiger partial charge in [-0.1, -0.05) is 116 Å². The van der Waals surface area contributed by atoms with Crippen molar-refractivity contribution in [1.82, 2.24) is 0 Å². The normalized spacial score (nSPS) is 11.5. The first-order valence-corrected chi connectivity index (χ1v) is 17.8. The van der Waals surface area contributed by atoms with Crippen molar-refractivity contribution in [3.63, 3.8) is 0 Å². The van der Waals surface area contributed by atoms with Crippen molar-refractivity contribution >= 4 is 13.7 Å². The van der Waals surface area contributed by atoms with E-state index in [0.717, 1.165) is 69.8 Å². The zero-order valence-electron chi connectivity index (χ0n) is 26.8. The van der Waals surface area contributed by atoms with Crippen molar-refractivity contribution in [2.75, 3.05) is 0 Å². The van der Waals surface area contributed by atoms with Crippen molar-refractivity contribution in [2.45, 2.75) is 131 Å². The van der Waals surface area contributed by atoms with Crippen molar-refractivity contribution in [3.8, 4) is 22.3 Å². The average Bonchev–Trinajstić information content (AvgIpc) is 2.97. The summed E-state index contributed by atoms with van der Waals surface area (Å²) in [6.45, 7) is 13.6. The van der Waals surface area contributed by atoms with Crippen LogP contribution < -0.4 is 5.30 Å². The molecule has 0 fully saturated rings. The Balaban J connectivity index is 2.47. The Hall–Kier alpha value is -1.99. The third-order valence-electron chi connectivity index (χ3n) is 8.30. The minimum absolute atomic E-state index is 0.684. The highest BCUT2D eigenvalue weighted by Gasteiger charge is 2.24. The summed E-state index contributed by atoms with van der Waals surface area (Å²) in [5.41, 5.74) is 13.3. The molecule has 0 heterocycles. The molecule has 0 spiro atoms. The van der Waals surface area contributed by atoms with E-state index in [1.165, 1.54) is 75.8 Å². The second kappa shape index (κ2) is 17.2. The fraction of sp³-hybridized carbons (Fsp3) is 0.526. The van der Waals surface area contributed by atoms with Crippen LogP contribution in [0.4, 0.5) is 0 Å². The molecule has 3 heteroatoms. The molecule has 0 unspecified atom stereocenters. The molecule has 0 aliphatic carbocycles. The zero-order valence-corrected chi connectivity index (χ0v) is 27.7. The van der Waals surface area contributed by atoms with Gasteiger partial charge in [-0.2, -0.15) is 0 Å². The highest BCUT2D eigenvalue weighted by Crippen LogP contribution is 2.43. The van der Waals surface area contributed by atoms with Crippen LogP contribution in [0.15, 0.2) is 42.5 Å². The van der Waals surface area contributed by atoms with Gasteiger partial charge in [0.2, 0.25) is 0 Å². The maximum atomic E-state index is 10.8. The van der Waals surface area contributed by atoms with Gasteiger partial charge in [0.15, 0.2) is 8.38 Å². The van der Waals surface area contributed by atoms with Gasteiger partial charge in [-0.3, -0.25) is 0 Å². The van der Waals surface area contributed by atoms with Crippen LogP contribution in [0, 0.1) is 0 Å². The van der Waals surface area contributed by atoms with Crippen LogP contribution in [0.2, 0.25) is 0 Å². The van der Waals surface area contributed by atoms with E-state index in [4.69, 9.17) is 0 Å². The summed E-state index contributed by atoms with van der Waals surface area (Å²) in [5.74, 6) is 0. The highest BCUT2D eigenvalue weighted by molar-refractivity contribution is 7.54. The molecular weight excluding hydrogens is 519 g/mol. The van der Waals surface area contributed by atoms with Crippen LogP contribution in [0.1, 0.15) is 126 Å². The first-order chi connectivity index (χ1) is 19.9. The lowest BCUT2D eigenvalue weighted by molar-refractivity contribution is 0.497. The monoisotopic (exact) mass is 574 g/mol. The van der Waals surface area contributed by atoms with Gasteiger partial charge in [0, 0.05) is 10.9 Å². The maximum absolute atomic E-state index is 10.8. The van der Waals surface area contributed by atoms with E-state index < -0.39 is 8.38 Å². The molecule has 224 valence electrons. The first-order valence-electron chi connectivity index (χ1n) is 16.5. The second-order valence-corrected chi connectivity index (χ2v) is 12.8. The zero-order chi connectivity index (χ0) is 29.8. The quantitative estimate of drug-likeness (QED) is 0.157. The summed E-state index contributed by atoms with van der Waals surface area (Å²) >= 11 is 0. The number of benzene rings is 3. The number of hydrogen-bond acceptors (Lipinski definition) is 2. The molecule has 0 aliphatic rings. The molecule has 2 nitrogen and oxygen atoms in total. The molecule has 0 atom stereocenters. The van der Waals surface area contributed by atoms with Crippen molar-refractivity contribution in [2.24, 2.45) is 0 Å². The van der Waals surface area contributed by atoms with Crippen LogP contribution in [0.3, 0.4) is 0 Å². The van der Waals surface area contributed by atoms with Crippen LogP contribution in [-0.4, -0.2) is 9.79 Å². The summed E-state index contributed by atoms with van der Waals surface area (Å²) < 4.78 is 0. The number of rotatable bonds is 17. The van der Waals surface area contributed by atoms with Gasteiger partial charge in [0.25, 0.3) is 0 Å². The summed E-state index contributed by atoms with van der Waals surface area (Å²) in [7, 11) is -2.26. The highest BCUT2D eigenvalue weighted by atomic mass is 31.2. The van der Waals surface area contributed by atoms with E-state index in [9.17, 15) is 9.79 Å². The van der Waals surface area contributed by atoms with E-state index >= 15 is 0 Å². The van der Waals surface area contributed by atoms with Crippen LogP contribution in [0.25, 0.3) is 22.3 Å². The van der Waals surface area contributed by atoms with Gasteiger partial charge < -0.3 is 9.79 Å². The fourth-order valence-corrected chi connectivity index (χ4v) is 7.06. The molecule has 3 aromatic carbocycles.